The minimum atomic E-state index is 0.437. The van der Waals surface area contributed by atoms with Crippen LogP contribution in [0.5, 0.6) is 0 Å². The van der Waals surface area contributed by atoms with Crippen LogP contribution < -0.4 is 5.32 Å². The van der Waals surface area contributed by atoms with Gasteiger partial charge in [0.25, 0.3) is 0 Å². The highest BCUT2D eigenvalue weighted by Gasteiger charge is 2.21. The molecule has 102 valence electrons. The number of halogens is 1. The Balaban J connectivity index is 3.00. The van der Waals surface area contributed by atoms with Crippen LogP contribution in [0.25, 0.3) is 0 Å². The van der Waals surface area contributed by atoms with Crippen molar-refractivity contribution in [2.24, 2.45) is 11.8 Å². The van der Waals surface area contributed by atoms with Gasteiger partial charge in [-0.2, -0.15) is 0 Å². The number of aryl methyl sites for hydroxylation is 1. The molecule has 2 atom stereocenters. The highest BCUT2D eigenvalue weighted by atomic mass is 79.9. The molecule has 0 bridgehead atoms. The van der Waals surface area contributed by atoms with Crippen LogP contribution in [-0.2, 0) is 0 Å². The van der Waals surface area contributed by atoms with Gasteiger partial charge in [-0.25, -0.2) is 0 Å². The van der Waals surface area contributed by atoms with Crippen LogP contribution in [0, 0.1) is 18.8 Å². The predicted octanol–water partition coefficient (Wildman–Crippen LogP) is 5.09. The number of nitrogens with one attached hydrogen (secondary N) is 1. The van der Waals surface area contributed by atoms with Crippen molar-refractivity contribution in [3.8, 4) is 0 Å². The third-order valence-electron chi connectivity index (χ3n) is 3.39. The maximum Gasteiger partial charge on any atom is 0.0357 e. The zero-order chi connectivity index (χ0) is 13.7. The molecule has 2 unspecified atom stereocenters. The van der Waals surface area contributed by atoms with Crippen molar-refractivity contribution in [2.45, 2.75) is 47.1 Å². The first kappa shape index (κ1) is 15.7. The summed E-state index contributed by atoms with van der Waals surface area (Å²) in [4.78, 5) is 0. The van der Waals surface area contributed by atoms with Crippen molar-refractivity contribution < 1.29 is 0 Å². The van der Waals surface area contributed by atoms with Crippen LogP contribution in [0.15, 0.2) is 22.7 Å². The Kier molecular flexibility index (Phi) is 6.37. The van der Waals surface area contributed by atoms with E-state index in [2.05, 4.69) is 74.1 Å². The molecule has 1 rings (SSSR count). The second kappa shape index (κ2) is 7.30. The van der Waals surface area contributed by atoms with Crippen molar-refractivity contribution in [1.29, 1.82) is 0 Å². The van der Waals surface area contributed by atoms with E-state index in [4.69, 9.17) is 0 Å². The maximum atomic E-state index is 3.75. The summed E-state index contributed by atoms with van der Waals surface area (Å²) in [5.41, 5.74) is 2.71. The Morgan fingerprint density at radius 3 is 2.44 bits per heavy atom. The minimum Gasteiger partial charge on any atom is -0.310 e. The van der Waals surface area contributed by atoms with Gasteiger partial charge in [0.2, 0.25) is 0 Å². The van der Waals surface area contributed by atoms with Gasteiger partial charge in [-0.3, -0.25) is 0 Å². The molecule has 0 heterocycles. The summed E-state index contributed by atoms with van der Waals surface area (Å²) in [5, 5.41) is 3.64. The van der Waals surface area contributed by atoms with Crippen molar-refractivity contribution in [2.75, 3.05) is 6.54 Å². The molecule has 0 amide bonds. The van der Waals surface area contributed by atoms with Gasteiger partial charge in [-0.05, 0) is 42.9 Å². The van der Waals surface area contributed by atoms with Gasteiger partial charge in [-0.15, -0.1) is 0 Å². The summed E-state index contributed by atoms with van der Waals surface area (Å²) >= 11 is 3.75. The van der Waals surface area contributed by atoms with Gasteiger partial charge in [-0.1, -0.05) is 61.8 Å². The number of benzene rings is 1. The number of rotatable bonds is 6. The van der Waals surface area contributed by atoms with E-state index < -0.39 is 0 Å². The minimum absolute atomic E-state index is 0.437. The fourth-order valence-corrected chi connectivity index (χ4v) is 3.14. The molecule has 0 saturated heterocycles. The molecule has 0 aromatic heterocycles. The highest BCUT2D eigenvalue weighted by Crippen LogP contribution is 2.33. The molecule has 0 aliphatic carbocycles. The monoisotopic (exact) mass is 311 g/mol. The molecular formula is C16H26BrN. The first-order valence-corrected chi connectivity index (χ1v) is 7.75. The molecule has 1 nitrogen and oxygen atoms in total. The fourth-order valence-electron chi connectivity index (χ4n) is 2.63. The first-order chi connectivity index (χ1) is 8.47. The molecule has 0 saturated carbocycles. The van der Waals surface area contributed by atoms with Crippen LogP contribution >= 0.6 is 15.9 Å². The standard InChI is InChI=1S/C16H26BrN/c1-6-18-16(13(5)10-11(2)3)14-9-7-8-12(4)15(14)17/h7-9,11,13,16,18H,6,10H2,1-5H3. The summed E-state index contributed by atoms with van der Waals surface area (Å²) in [5.74, 6) is 1.38. The molecule has 0 aliphatic rings. The lowest BCUT2D eigenvalue weighted by Gasteiger charge is -2.28. The lowest BCUT2D eigenvalue weighted by Crippen LogP contribution is -2.28. The van der Waals surface area contributed by atoms with Crippen LogP contribution in [-0.4, -0.2) is 6.54 Å². The van der Waals surface area contributed by atoms with Crippen LogP contribution in [0.3, 0.4) is 0 Å². The summed E-state index contributed by atoms with van der Waals surface area (Å²) in [6.45, 7) is 12.3. The van der Waals surface area contributed by atoms with Gasteiger partial charge >= 0.3 is 0 Å². The largest absolute Gasteiger partial charge is 0.310 e. The zero-order valence-electron chi connectivity index (χ0n) is 12.3. The quantitative estimate of drug-likeness (QED) is 0.771. The van der Waals surface area contributed by atoms with E-state index in [-0.39, 0.29) is 0 Å². The summed E-state index contributed by atoms with van der Waals surface area (Å²) in [7, 11) is 0. The third kappa shape index (κ3) is 4.10. The molecule has 18 heavy (non-hydrogen) atoms. The van der Waals surface area contributed by atoms with Crippen molar-refractivity contribution in [1.82, 2.24) is 5.32 Å². The molecule has 0 radical (unpaired) electrons. The van der Waals surface area contributed by atoms with Crippen molar-refractivity contribution in [3.05, 3.63) is 33.8 Å². The predicted molar refractivity (Wildman–Crippen MR) is 83.9 cm³/mol. The Hall–Kier alpha value is -0.340. The Morgan fingerprint density at radius 1 is 1.22 bits per heavy atom. The first-order valence-electron chi connectivity index (χ1n) is 6.95. The topological polar surface area (TPSA) is 12.0 Å². The van der Waals surface area contributed by atoms with E-state index in [0.717, 1.165) is 12.5 Å². The van der Waals surface area contributed by atoms with Gasteiger partial charge < -0.3 is 5.32 Å². The molecular weight excluding hydrogens is 286 g/mol. The molecule has 0 aliphatic heterocycles. The molecule has 1 aromatic carbocycles. The molecule has 1 aromatic rings. The van der Waals surface area contributed by atoms with E-state index in [1.54, 1.807) is 0 Å². The van der Waals surface area contributed by atoms with E-state index in [1.165, 1.54) is 22.0 Å². The van der Waals surface area contributed by atoms with E-state index in [9.17, 15) is 0 Å². The molecule has 0 fully saturated rings. The smallest absolute Gasteiger partial charge is 0.0357 e. The maximum absolute atomic E-state index is 3.75. The second-order valence-electron chi connectivity index (χ2n) is 5.62. The van der Waals surface area contributed by atoms with Gasteiger partial charge in [0.1, 0.15) is 0 Å². The summed E-state index contributed by atoms with van der Waals surface area (Å²) in [6, 6.07) is 6.99. The second-order valence-corrected chi connectivity index (χ2v) is 6.41. The van der Waals surface area contributed by atoms with E-state index in [1.807, 2.05) is 0 Å². The van der Waals surface area contributed by atoms with E-state index in [0.29, 0.717) is 12.0 Å². The number of hydrogen-bond donors (Lipinski definition) is 1. The van der Waals surface area contributed by atoms with Gasteiger partial charge in [0.05, 0.1) is 0 Å². The van der Waals surface area contributed by atoms with Crippen molar-refractivity contribution in [3.63, 3.8) is 0 Å². The average molecular weight is 312 g/mol. The fraction of sp³-hybridized carbons (Fsp3) is 0.625. The Bertz CT molecular complexity index is 373. The average Bonchev–Trinajstić information content (AvgIpc) is 2.29. The molecule has 1 N–H and O–H groups in total. The SMILES string of the molecule is CCNC(c1cccc(C)c1Br)C(C)CC(C)C. The molecule has 2 heteroatoms. The Labute approximate surface area is 120 Å². The van der Waals surface area contributed by atoms with Crippen LogP contribution in [0.2, 0.25) is 0 Å². The van der Waals surface area contributed by atoms with Crippen molar-refractivity contribution >= 4 is 15.9 Å². The normalized spacial score (nSPS) is 14.8. The van der Waals surface area contributed by atoms with Crippen LogP contribution in [0.4, 0.5) is 0 Å². The lowest BCUT2D eigenvalue weighted by atomic mass is 9.87. The van der Waals surface area contributed by atoms with Gasteiger partial charge in [0, 0.05) is 10.5 Å². The third-order valence-corrected chi connectivity index (χ3v) is 4.48. The number of hydrogen-bond acceptors (Lipinski definition) is 1. The molecule has 0 spiro atoms. The summed E-state index contributed by atoms with van der Waals surface area (Å²) < 4.78 is 1.26. The van der Waals surface area contributed by atoms with E-state index >= 15 is 0 Å². The highest BCUT2D eigenvalue weighted by molar-refractivity contribution is 9.10. The van der Waals surface area contributed by atoms with Gasteiger partial charge in [0.15, 0.2) is 0 Å². The van der Waals surface area contributed by atoms with Crippen LogP contribution in [0.1, 0.15) is 51.3 Å². The summed E-state index contributed by atoms with van der Waals surface area (Å²) in [6.07, 6.45) is 1.25. The lowest BCUT2D eigenvalue weighted by molar-refractivity contribution is 0.332. The zero-order valence-corrected chi connectivity index (χ0v) is 13.8. The Morgan fingerprint density at radius 2 is 1.89 bits per heavy atom.